The van der Waals surface area contributed by atoms with Crippen LogP contribution in [0.3, 0.4) is 0 Å². The summed E-state index contributed by atoms with van der Waals surface area (Å²) in [5.74, 6) is -0.831. The topological polar surface area (TPSA) is 116 Å². The molecule has 0 bridgehead atoms. The fourth-order valence-electron chi connectivity index (χ4n) is 1.88. The molecule has 0 spiro atoms. The van der Waals surface area contributed by atoms with Crippen molar-refractivity contribution in [1.29, 1.82) is 0 Å². The fourth-order valence-corrected chi connectivity index (χ4v) is 3.56. The summed E-state index contributed by atoms with van der Waals surface area (Å²) in [5.41, 5.74) is 3.59. The zero-order chi connectivity index (χ0) is 18.5. The van der Waals surface area contributed by atoms with Crippen LogP contribution < -0.4 is 5.48 Å². The average molecular weight is 391 g/mol. The lowest BCUT2D eigenvalue weighted by Gasteiger charge is -2.02. The summed E-state index contributed by atoms with van der Waals surface area (Å²) in [4.78, 5) is 45.7. The van der Waals surface area contributed by atoms with Gasteiger partial charge in [-0.2, -0.15) is 5.48 Å². The van der Waals surface area contributed by atoms with E-state index in [1.54, 1.807) is 19.2 Å². The number of hydrogen-bond donors (Lipinski definition) is 1. The monoisotopic (exact) mass is 391 g/mol. The second-order valence-corrected chi connectivity index (χ2v) is 6.63. The molecule has 0 aliphatic carbocycles. The highest BCUT2D eigenvalue weighted by Crippen LogP contribution is 2.31. The van der Waals surface area contributed by atoms with E-state index in [0.717, 1.165) is 11.3 Å². The molecular formula is C15H13N5O4S2. The van der Waals surface area contributed by atoms with Crippen molar-refractivity contribution in [3.63, 3.8) is 0 Å². The molecule has 0 radical (unpaired) electrons. The first kappa shape index (κ1) is 17.9. The summed E-state index contributed by atoms with van der Waals surface area (Å²) in [6.07, 6.45) is 4.38. The number of ether oxygens (including phenoxy) is 1. The first-order chi connectivity index (χ1) is 12.6. The first-order valence-corrected chi connectivity index (χ1v) is 9.11. The molecule has 0 saturated carbocycles. The highest BCUT2D eigenvalue weighted by Gasteiger charge is 2.20. The molecule has 1 N–H and O–H groups in total. The van der Waals surface area contributed by atoms with Gasteiger partial charge < -0.3 is 9.57 Å². The molecule has 0 fully saturated rings. The molecular weight excluding hydrogens is 378 g/mol. The van der Waals surface area contributed by atoms with Gasteiger partial charge in [-0.25, -0.2) is 24.5 Å². The molecule has 0 unspecified atom stereocenters. The molecule has 0 saturated heterocycles. The van der Waals surface area contributed by atoms with Gasteiger partial charge in [-0.05, 0) is 13.8 Å². The Balaban J connectivity index is 1.72. The lowest BCUT2D eigenvalue weighted by Crippen LogP contribution is -2.11. The van der Waals surface area contributed by atoms with Crippen LogP contribution >= 0.6 is 22.7 Å². The molecule has 3 aromatic heterocycles. The zero-order valence-corrected chi connectivity index (χ0v) is 15.4. The number of nitrogens with one attached hydrogen (secondary N) is 1. The second-order valence-electron chi connectivity index (χ2n) is 4.77. The van der Waals surface area contributed by atoms with Crippen molar-refractivity contribution in [1.82, 2.24) is 19.9 Å². The summed E-state index contributed by atoms with van der Waals surface area (Å²) in [5, 5.41) is 2.13. The summed E-state index contributed by atoms with van der Waals surface area (Å²) >= 11 is 2.30. The molecule has 26 heavy (non-hydrogen) atoms. The maximum Gasteiger partial charge on any atom is 0.391 e. The fraction of sp³-hybridized carbons (Fsp3) is 0.200. The Hall–Kier alpha value is -2.92. The van der Waals surface area contributed by atoms with Crippen LogP contribution in [0.1, 0.15) is 32.2 Å². The molecule has 0 aliphatic rings. The Bertz CT molecular complexity index is 925. The predicted octanol–water partition coefficient (Wildman–Crippen LogP) is 2.73. The van der Waals surface area contributed by atoms with Gasteiger partial charge in [-0.1, -0.05) is 0 Å². The molecule has 0 atom stereocenters. The van der Waals surface area contributed by atoms with E-state index >= 15 is 0 Å². The first-order valence-electron chi connectivity index (χ1n) is 7.42. The van der Waals surface area contributed by atoms with Crippen molar-refractivity contribution < 1.29 is 19.2 Å². The van der Waals surface area contributed by atoms with Crippen molar-refractivity contribution in [2.75, 3.05) is 12.1 Å². The van der Waals surface area contributed by atoms with Crippen molar-refractivity contribution in [3.05, 3.63) is 39.7 Å². The van der Waals surface area contributed by atoms with Gasteiger partial charge in [0.25, 0.3) is 0 Å². The lowest BCUT2D eigenvalue weighted by atomic mass is 10.3. The van der Waals surface area contributed by atoms with E-state index in [1.165, 1.54) is 29.9 Å². The molecule has 3 heterocycles. The Labute approximate surface area is 156 Å². The number of anilines is 1. The minimum absolute atomic E-state index is 0.152. The Morgan fingerprint density at radius 2 is 2.04 bits per heavy atom. The Kier molecular flexibility index (Phi) is 5.49. The van der Waals surface area contributed by atoms with E-state index in [1.807, 2.05) is 0 Å². The van der Waals surface area contributed by atoms with Crippen LogP contribution in [0.15, 0.2) is 24.0 Å². The molecule has 0 amide bonds. The van der Waals surface area contributed by atoms with Crippen LogP contribution in [-0.4, -0.2) is 38.5 Å². The second kappa shape index (κ2) is 7.97. The summed E-state index contributed by atoms with van der Waals surface area (Å²) in [6, 6.07) is 0. The van der Waals surface area contributed by atoms with Crippen LogP contribution in [0, 0.1) is 6.92 Å². The molecule has 3 aromatic rings. The highest BCUT2D eigenvalue weighted by atomic mass is 32.1. The number of carbonyl (C=O) groups is 2. The predicted molar refractivity (Wildman–Crippen MR) is 95.0 cm³/mol. The van der Waals surface area contributed by atoms with Gasteiger partial charge in [0.15, 0.2) is 5.82 Å². The van der Waals surface area contributed by atoms with Crippen molar-refractivity contribution in [3.8, 4) is 10.6 Å². The van der Waals surface area contributed by atoms with Gasteiger partial charge in [0.1, 0.15) is 0 Å². The number of thiazole rings is 2. The third-order valence-electron chi connectivity index (χ3n) is 2.97. The van der Waals surface area contributed by atoms with Gasteiger partial charge in [0.2, 0.25) is 10.0 Å². The third kappa shape index (κ3) is 4.00. The van der Waals surface area contributed by atoms with Gasteiger partial charge in [0, 0.05) is 17.8 Å². The number of nitrogens with zero attached hydrogens (tertiary/aromatic N) is 4. The Morgan fingerprint density at radius 1 is 1.19 bits per heavy atom. The number of carbonyl (C=O) groups excluding carboxylic acids is 2. The van der Waals surface area contributed by atoms with Crippen molar-refractivity contribution in [2.45, 2.75) is 13.8 Å². The zero-order valence-electron chi connectivity index (χ0n) is 13.8. The molecule has 3 rings (SSSR count). The molecule has 9 nitrogen and oxygen atoms in total. The van der Waals surface area contributed by atoms with Crippen LogP contribution in [-0.2, 0) is 9.57 Å². The lowest BCUT2D eigenvalue weighted by molar-refractivity contribution is 0.0525. The SMILES string of the molecule is CCOC(=O)c1nc(-c2sc(C(=O)ONc3cnccn3)nc2C)cs1. The van der Waals surface area contributed by atoms with Crippen LogP contribution in [0.5, 0.6) is 0 Å². The van der Waals surface area contributed by atoms with E-state index in [4.69, 9.17) is 9.57 Å². The largest absolute Gasteiger partial charge is 0.461 e. The highest BCUT2D eigenvalue weighted by molar-refractivity contribution is 7.17. The summed E-state index contributed by atoms with van der Waals surface area (Å²) in [6.45, 7) is 3.76. The molecule has 11 heteroatoms. The van der Waals surface area contributed by atoms with Gasteiger partial charge in [0.05, 0.1) is 29.1 Å². The summed E-state index contributed by atoms with van der Waals surface area (Å²) < 4.78 is 4.93. The maximum atomic E-state index is 12.1. The normalized spacial score (nSPS) is 10.4. The number of aromatic nitrogens is 4. The molecule has 0 aromatic carbocycles. The summed E-state index contributed by atoms with van der Waals surface area (Å²) in [7, 11) is 0. The standard InChI is InChI=1S/C15H13N5O4S2/c1-3-23-14(21)12-19-9(7-25-12)11-8(2)18-13(26-11)15(22)24-20-10-6-16-4-5-17-10/h4-7H,3H2,1-2H3,(H,17,20). The van der Waals surface area contributed by atoms with Crippen molar-refractivity contribution >= 4 is 40.4 Å². The number of aryl methyl sites for hydroxylation is 1. The van der Waals surface area contributed by atoms with E-state index in [9.17, 15) is 9.59 Å². The Morgan fingerprint density at radius 3 is 2.77 bits per heavy atom. The van der Waals surface area contributed by atoms with Crippen molar-refractivity contribution in [2.24, 2.45) is 0 Å². The van der Waals surface area contributed by atoms with E-state index < -0.39 is 11.9 Å². The number of rotatable bonds is 6. The van der Waals surface area contributed by atoms with Gasteiger partial charge in [-0.15, -0.1) is 22.7 Å². The minimum atomic E-state index is -0.657. The van der Waals surface area contributed by atoms with E-state index in [0.29, 0.717) is 22.1 Å². The van der Waals surface area contributed by atoms with Crippen LogP contribution in [0.4, 0.5) is 5.82 Å². The molecule has 134 valence electrons. The van der Waals surface area contributed by atoms with Gasteiger partial charge in [-0.3, -0.25) is 4.98 Å². The van der Waals surface area contributed by atoms with E-state index in [2.05, 4.69) is 25.4 Å². The number of esters is 1. The number of hydrogen-bond acceptors (Lipinski definition) is 11. The minimum Gasteiger partial charge on any atom is -0.461 e. The van der Waals surface area contributed by atoms with E-state index in [-0.39, 0.29) is 16.6 Å². The third-order valence-corrected chi connectivity index (χ3v) is 4.95. The quantitative estimate of drug-likeness (QED) is 0.500. The van der Waals surface area contributed by atoms with Gasteiger partial charge >= 0.3 is 11.9 Å². The smallest absolute Gasteiger partial charge is 0.391 e. The maximum absolute atomic E-state index is 12.1. The molecule has 0 aliphatic heterocycles. The van der Waals surface area contributed by atoms with Crippen LogP contribution in [0.2, 0.25) is 0 Å². The van der Waals surface area contributed by atoms with Crippen LogP contribution in [0.25, 0.3) is 10.6 Å². The average Bonchev–Trinajstić information content (AvgIpc) is 3.27.